The van der Waals surface area contributed by atoms with E-state index in [0.717, 1.165) is 12.1 Å². The van der Waals surface area contributed by atoms with Crippen molar-refractivity contribution in [3.05, 3.63) is 52.5 Å². The molecule has 0 amide bonds. The molecule has 2 aromatic carbocycles. The van der Waals surface area contributed by atoms with Gasteiger partial charge in [-0.25, -0.2) is 0 Å². The van der Waals surface area contributed by atoms with Gasteiger partial charge in [-0.05, 0) is 49.7 Å². The first-order chi connectivity index (χ1) is 12.3. The van der Waals surface area contributed by atoms with Crippen molar-refractivity contribution in [2.45, 2.75) is 20.0 Å². The Morgan fingerprint density at radius 2 is 1.85 bits per heavy atom. The van der Waals surface area contributed by atoms with E-state index in [9.17, 15) is 13.2 Å². The Hall–Kier alpha value is -2.41. The number of alkyl halides is 3. The van der Waals surface area contributed by atoms with Gasteiger partial charge in [0.05, 0.1) is 35.7 Å². The summed E-state index contributed by atoms with van der Waals surface area (Å²) < 4.78 is 49.1. The topological polar surface area (TPSA) is 42.8 Å². The molecule has 0 spiro atoms. The summed E-state index contributed by atoms with van der Waals surface area (Å²) in [5.41, 5.74) is 2.65. The van der Waals surface area contributed by atoms with Gasteiger partial charge in [0.15, 0.2) is 11.5 Å². The fraction of sp³-hybridized carbons (Fsp3) is 0.278. The number of halogens is 4. The van der Waals surface area contributed by atoms with Gasteiger partial charge in [-0.3, -0.25) is 5.43 Å². The highest BCUT2D eigenvalue weighted by Crippen LogP contribution is 2.36. The quantitative estimate of drug-likeness (QED) is 0.497. The van der Waals surface area contributed by atoms with Gasteiger partial charge in [0.2, 0.25) is 0 Å². The third kappa shape index (κ3) is 5.29. The third-order valence-corrected chi connectivity index (χ3v) is 3.50. The number of nitrogens with zero attached hydrogens (tertiary/aromatic N) is 1. The molecule has 0 saturated carbocycles. The second kappa shape index (κ2) is 8.80. The van der Waals surface area contributed by atoms with E-state index in [2.05, 4.69) is 10.5 Å². The van der Waals surface area contributed by atoms with Gasteiger partial charge in [0.25, 0.3) is 0 Å². The first kappa shape index (κ1) is 19.9. The molecule has 0 unspecified atom stereocenters. The second-order valence-corrected chi connectivity index (χ2v) is 5.55. The Bertz CT molecular complexity index is 780. The standard InChI is InChI=1S/C18H18ClF3N2O2/c1-3-25-16-9-12(8-15(19)17(16)26-4-2)11-23-24-14-7-5-6-13(10-14)18(20,21)22/h5-11,24H,3-4H2,1-2H3. The minimum Gasteiger partial charge on any atom is -0.490 e. The zero-order valence-electron chi connectivity index (χ0n) is 14.2. The lowest BCUT2D eigenvalue weighted by Crippen LogP contribution is -2.05. The smallest absolute Gasteiger partial charge is 0.416 e. The summed E-state index contributed by atoms with van der Waals surface area (Å²) in [6.45, 7) is 4.53. The van der Waals surface area contributed by atoms with Crippen LogP contribution in [0, 0.1) is 0 Å². The Morgan fingerprint density at radius 3 is 2.50 bits per heavy atom. The van der Waals surface area contributed by atoms with E-state index < -0.39 is 11.7 Å². The van der Waals surface area contributed by atoms with Crippen LogP contribution in [0.3, 0.4) is 0 Å². The van der Waals surface area contributed by atoms with Gasteiger partial charge in [0, 0.05) is 0 Å². The molecular weight excluding hydrogens is 369 g/mol. The van der Waals surface area contributed by atoms with Crippen LogP contribution in [-0.2, 0) is 6.18 Å². The maximum absolute atomic E-state index is 12.7. The van der Waals surface area contributed by atoms with Crippen LogP contribution in [0.15, 0.2) is 41.5 Å². The fourth-order valence-electron chi connectivity index (χ4n) is 2.16. The highest BCUT2D eigenvalue weighted by Gasteiger charge is 2.30. The minimum absolute atomic E-state index is 0.221. The summed E-state index contributed by atoms with van der Waals surface area (Å²) in [4.78, 5) is 0. The van der Waals surface area contributed by atoms with Gasteiger partial charge in [-0.1, -0.05) is 17.7 Å². The summed E-state index contributed by atoms with van der Waals surface area (Å²) in [5.74, 6) is 0.918. The first-order valence-electron chi connectivity index (χ1n) is 7.90. The van der Waals surface area contributed by atoms with Crippen molar-refractivity contribution in [1.82, 2.24) is 0 Å². The largest absolute Gasteiger partial charge is 0.490 e. The van der Waals surface area contributed by atoms with Crippen molar-refractivity contribution < 1.29 is 22.6 Å². The van der Waals surface area contributed by atoms with Crippen LogP contribution in [0.1, 0.15) is 25.0 Å². The van der Waals surface area contributed by atoms with E-state index in [1.807, 2.05) is 13.8 Å². The van der Waals surface area contributed by atoms with Crippen molar-refractivity contribution in [3.63, 3.8) is 0 Å². The molecule has 0 fully saturated rings. The van der Waals surface area contributed by atoms with Crippen molar-refractivity contribution in [3.8, 4) is 11.5 Å². The molecule has 0 bridgehead atoms. The molecule has 4 nitrogen and oxygen atoms in total. The van der Waals surface area contributed by atoms with Crippen LogP contribution >= 0.6 is 11.6 Å². The number of ether oxygens (including phenoxy) is 2. The van der Waals surface area contributed by atoms with Crippen molar-refractivity contribution in [2.75, 3.05) is 18.6 Å². The van der Waals surface area contributed by atoms with Crippen molar-refractivity contribution >= 4 is 23.5 Å². The summed E-state index contributed by atoms with van der Waals surface area (Å²) >= 11 is 6.20. The molecule has 140 valence electrons. The predicted molar refractivity (Wildman–Crippen MR) is 96.5 cm³/mol. The maximum atomic E-state index is 12.7. The summed E-state index contributed by atoms with van der Waals surface area (Å²) in [7, 11) is 0. The monoisotopic (exact) mass is 386 g/mol. The lowest BCUT2D eigenvalue weighted by molar-refractivity contribution is -0.137. The number of anilines is 1. The Balaban J connectivity index is 2.18. The average molecular weight is 387 g/mol. The number of hydrogen-bond acceptors (Lipinski definition) is 4. The molecule has 2 aromatic rings. The van der Waals surface area contributed by atoms with E-state index in [4.69, 9.17) is 21.1 Å². The molecule has 0 aliphatic heterocycles. The molecule has 0 heterocycles. The number of hydrogen-bond donors (Lipinski definition) is 1. The Morgan fingerprint density at radius 1 is 1.12 bits per heavy atom. The van der Waals surface area contributed by atoms with E-state index in [1.54, 1.807) is 12.1 Å². The molecule has 0 saturated heterocycles. The first-order valence-corrected chi connectivity index (χ1v) is 8.28. The van der Waals surface area contributed by atoms with Crippen LogP contribution in [0.4, 0.5) is 18.9 Å². The highest BCUT2D eigenvalue weighted by molar-refractivity contribution is 6.32. The molecule has 8 heteroatoms. The molecule has 26 heavy (non-hydrogen) atoms. The normalized spacial score (nSPS) is 11.6. The van der Waals surface area contributed by atoms with Crippen LogP contribution < -0.4 is 14.9 Å². The zero-order chi connectivity index (χ0) is 19.2. The number of benzene rings is 2. The molecule has 0 aromatic heterocycles. The lowest BCUT2D eigenvalue weighted by atomic mass is 10.2. The minimum atomic E-state index is -4.41. The second-order valence-electron chi connectivity index (χ2n) is 5.14. The number of hydrazone groups is 1. The molecule has 0 atom stereocenters. The van der Waals surface area contributed by atoms with Crippen LogP contribution in [0.5, 0.6) is 11.5 Å². The Labute approximate surface area is 154 Å². The molecule has 1 N–H and O–H groups in total. The van der Waals surface area contributed by atoms with Gasteiger partial charge in [-0.15, -0.1) is 0 Å². The predicted octanol–water partition coefficient (Wildman–Crippen LogP) is 5.60. The lowest BCUT2D eigenvalue weighted by Gasteiger charge is -2.13. The number of nitrogens with one attached hydrogen (secondary N) is 1. The van der Waals surface area contributed by atoms with E-state index in [1.165, 1.54) is 18.3 Å². The van der Waals surface area contributed by atoms with Gasteiger partial charge >= 0.3 is 6.18 Å². The van der Waals surface area contributed by atoms with Crippen LogP contribution in [0.2, 0.25) is 5.02 Å². The summed E-state index contributed by atoms with van der Waals surface area (Å²) in [6, 6.07) is 8.10. The van der Waals surface area contributed by atoms with Crippen molar-refractivity contribution in [1.29, 1.82) is 0 Å². The molecule has 2 rings (SSSR count). The summed E-state index contributed by atoms with van der Waals surface area (Å²) in [5, 5.41) is 4.32. The number of rotatable bonds is 7. The average Bonchev–Trinajstić information content (AvgIpc) is 2.58. The van der Waals surface area contributed by atoms with E-state index in [0.29, 0.717) is 35.3 Å². The maximum Gasteiger partial charge on any atom is 0.416 e. The molecular formula is C18H18ClF3N2O2. The molecule has 0 radical (unpaired) electrons. The van der Waals surface area contributed by atoms with E-state index in [-0.39, 0.29) is 5.69 Å². The molecule has 0 aliphatic carbocycles. The van der Waals surface area contributed by atoms with Gasteiger partial charge in [-0.2, -0.15) is 18.3 Å². The fourth-order valence-corrected chi connectivity index (χ4v) is 2.43. The van der Waals surface area contributed by atoms with Gasteiger partial charge in [0.1, 0.15) is 0 Å². The van der Waals surface area contributed by atoms with E-state index >= 15 is 0 Å². The third-order valence-electron chi connectivity index (χ3n) is 3.22. The van der Waals surface area contributed by atoms with Crippen LogP contribution in [0.25, 0.3) is 0 Å². The Kier molecular flexibility index (Phi) is 6.74. The van der Waals surface area contributed by atoms with Crippen LogP contribution in [-0.4, -0.2) is 19.4 Å². The highest BCUT2D eigenvalue weighted by atomic mass is 35.5. The van der Waals surface area contributed by atoms with Crippen molar-refractivity contribution in [2.24, 2.45) is 5.10 Å². The summed E-state index contributed by atoms with van der Waals surface area (Å²) in [6.07, 6.45) is -2.97. The SMILES string of the molecule is CCOc1cc(C=NNc2cccc(C(F)(F)F)c2)cc(Cl)c1OCC. The van der Waals surface area contributed by atoms with Gasteiger partial charge < -0.3 is 9.47 Å². The zero-order valence-corrected chi connectivity index (χ0v) is 15.0. The molecule has 0 aliphatic rings.